The molecule has 1 aliphatic rings. The van der Waals surface area contributed by atoms with Crippen LogP contribution in [-0.2, 0) is 11.3 Å². The lowest BCUT2D eigenvalue weighted by atomic mass is 10.2. The van der Waals surface area contributed by atoms with E-state index in [0.717, 1.165) is 6.42 Å². The number of rotatable bonds is 5. The van der Waals surface area contributed by atoms with Crippen molar-refractivity contribution in [3.05, 3.63) is 48.0 Å². The maximum Gasteiger partial charge on any atom is 0.354 e. The van der Waals surface area contributed by atoms with Gasteiger partial charge in [-0.3, -0.25) is 4.79 Å². The topological polar surface area (TPSA) is 95.7 Å². The molecule has 0 aliphatic carbocycles. The number of carbonyl (C=O) groups is 2. The van der Waals surface area contributed by atoms with Gasteiger partial charge in [0.15, 0.2) is 5.69 Å². The van der Waals surface area contributed by atoms with Gasteiger partial charge in [-0.05, 0) is 37.1 Å². The monoisotopic (exact) mass is 315 g/mol. The lowest BCUT2D eigenvalue weighted by molar-refractivity contribution is -0.122. The van der Waals surface area contributed by atoms with Crippen LogP contribution in [0.3, 0.4) is 0 Å². The van der Waals surface area contributed by atoms with Gasteiger partial charge in [0.1, 0.15) is 17.6 Å². The molecule has 3 rings (SSSR count). The van der Waals surface area contributed by atoms with E-state index in [1.807, 2.05) is 4.90 Å². The number of pyridine rings is 1. The second-order valence-corrected chi connectivity index (χ2v) is 5.33. The number of carboxylic acid groups (broad SMARTS) is 1. The van der Waals surface area contributed by atoms with Crippen molar-refractivity contribution in [3.63, 3.8) is 0 Å². The van der Waals surface area contributed by atoms with E-state index in [-0.39, 0.29) is 17.6 Å². The molecule has 2 aromatic rings. The van der Waals surface area contributed by atoms with Gasteiger partial charge >= 0.3 is 5.97 Å². The van der Waals surface area contributed by atoms with E-state index in [1.165, 1.54) is 6.07 Å². The third-order valence-electron chi connectivity index (χ3n) is 3.82. The van der Waals surface area contributed by atoms with Crippen LogP contribution in [0.25, 0.3) is 0 Å². The van der Waals surface area contributed by atoms with Gasteiger partial charge in [-0.1, -0.05) is 6.07 Å². The van der Waals surface area contributed by atoms with Crippen molar-refractivity contribution in [2.24, 2.45) is 0 Å². The Bertz CT molecular complexity index is 699. The standard InChI is InChI=1S/C16H17N3O4/c20-15(17-10-11-4-3-9-23-11)13-6-2-8-19(13)14-7-1-5-12(18-14)16(21)22/h1,3-5,7,9,13H,2,6,8,10H2,(H,17,20)(H,21,22). The Morgan fingerprint density at radius 1 is 1.35 bits per heavy atom. The number of anilines is 1. The Labute approximate surface area is 132 Å². The molecule has 1 fully saturated rings. The summed E-state index contributed by atoms with van der Waals surface area (Å²) < 4.78 is 5.19. The van der Waals surface area contributed by atoms with Crippen molar-refractivity contribution in [2.75, 3.05) is 11.4 Å². The summed E-state index contributed by atoms with van der Waals surface area (Å²) in [4.78, 5) is 29.4. The average molecular weight is 315 g/mol. The first-order chi connectivity index (χ1) is 11.1. The third kappa shape index (κ3) is 3.33. The third-order valence-corrected chi connectivity index (χ3v) is 3.82. The molecule has 0 aromatic carbocycles. The second kappa shape index (κ2) is 6.51. The fourth-order valence-corrected chi connectivity index (χ4v) is 2.72. The minimum atomic E-state index is -1.08. The second-order valence-electron chi connectivity index (χ2n) is 5.33. The van der Waals surface area contributed by atoms with E-state index in [9.17, 15) is 9.59 Å². The van der Waals surface area contributed by atoms with Gasteiger partial charge in [-0.25, -0.2) is 9.78 Å². The molecule has 1 aliphatic heterocycles. The van der Waals surface area contributed by atoms with Crippen molar-refractivity contribution >= 4 is 17.7 Å². The molecular formula is C16H17N3O4. The van der Waals surface area contributed by atoms with Gasteiger partial charge in [0.05, 0.1) is 12.8 Å². The molecule has 2 aromatic heterocycles. The highest BCUT2D eigenvalue weighted by Crippen LogP contribution is 2.24. The van der Waals surface area contributed by atoms with Crippen molar-refractivity contribution < 1.29 is 19.1 Å². The van der Waals surface area contributed by atoms with Crippen molar-refractivity contribution in [1.29, 1.82) is 0 Å². The fourth-order valence-electron chi connectivity index (χ4n) is 2.72. The Morgan fingerprint density at radius 3 is 2.96 bits per heavy atom. The first-order valence-electron chi connectivity index (χ1n) is 7.42. The van der Waals surface area contributed by atoms with Gasteiger partial charge in [0.25, 0.3) is 0 Å². The quantitative estimate of drug-likeness (QED) is 0.871. The summed E-state index contributed by atoms with van der Waals surface area (Å²) in [6.07, 6.45) is 3.13. The molecule has 1 atom stereocenters. The van der Waals surface area contributed by atoms with Crippen molar-refractivity contribution in [3.8, 4) is 0 Å². The normalized spacial score (nSPS) is 17.2. The maximum atomic E-state index is 12.4. The predicted molar refractivity (Wildman–Crippen MR) is 82.1 cm³/mol. The zero-order chi connectivity index (χ0) is 16.2. The number of amides is 1. The number of hydrogen-bond acceptors (Lipinski definition) is 5. The summed E-state index contributed by atoms with van der Waals surface area (Å²) in [5.74, 6) is 0.0146. The molecule has 7 heteroatoms. The number of nitrogens with one attached hydrogen (secondary N) is 1. The summed E-state index contributed by atoms with van der Waals surface area (Å²) in [6.45, 7) is 1.01. The van der Waals surface area contributed by atoms with Crippen LogP contribution in [0.2, 0.25) is 0 Å². The number of aromatic nitrogens is 1. The van der Waals surface area contributed by atoms with Crippen LogP contribution in [0.4, 0.5) is 5.82 Å². The minimum Gasteiger partial charge on any atom is -0.477 e. The largest absolute Gasteiger partial charge is 0.477 e. The van der Waals surface area contributed by atoms with Crippen molar-refractivity contribution in [1.82, 2.24) is 10.3 Å². The fraction of sp³-hybridized carbons (Fsp3) is 0.312. The highest BCUT2D eigenvalue weighted by molar-refractivity contribution is 5.87. The summed E-state index contributed by atoms with van der Waals surface area (Å²) in [7, 11) is 0. The predicted octanol–water partition coefficient (Wildman–Crippen LogP) is 1.66. The molecule has 1 amide bonds. The lowest BCUT2D eigenvalue weighted by Gasteiger charge is -2.25. The number of carbonyl (C=O) groups excluding carboxylic acids is 1. The van der Waals surface area contributed by atoms with Crippen LogP contribution in [0.15, 0.2) is 41.0 Å². The smallest absolute Gasteiger partial charge is 0.354 e. The van der Waals surface area contributed by atoms with E-state index in [4.69, 9.17) is 9.52 Å². The van der Waals surface area contributed by atoms with Gasteiger partial charge in [0.2, 0.25) is 5.91 Å². The van der Waals surface area contributed by atoms with Crippen LogP contribution in [-0.4, -0.2) is 34.6 Å². The highest BCUT2D eigenvalue weighted by Gasteiger charge is 2.31. The van der Waals surface area contributed by atoms with Gasteiger partial charge < -0.3 is 19.7 Å². The van der Waals surface area contributed by atoms with Crippen LogP contribution >= 0.6 is 0 Å². The molecular weight excluding hydrogens is 298 g/mol. The molecule has 3 heterocycles. The number of hydrogen-bond donors (Lipinski definition) is 2. The minimum absolute atomic E-state index is 0.0239. The van der Waals surface area contributed by atoms with Crippen LogP contribution in [0.5, 0.6) is 0 Å². The molecule has 0 spiro atoms. The maximum absolute atomic E-state index is 12.4. The van der Waals surface area contributed by atoms with Crippen LogP contribution in [0, 0.1) is 0 Å². The molecule has 1 unspecified atom stereocenters. The highest BCUT2D eigenvalue weighted by atomic mass is 16.4. The first-order valence-corrected chi connectivity index (χ1v) is 7.42. The number of furan rings is 1. The first kappa shape index (κ1) is 15.1. The number of aromatic carboxylic acids is 1. The zero-order valence-corrected chi connectivity index (χ0v) is 12.4. The summed E-state index contributed by atoms with van der Waals surface area (Å²) in [5.41, 5.74) is -0.0239. The summed E-state index contributed by atoms with van der Waals surface area (Å²) in [5, 5.41) is 11.9. The Kier molecular flexibility index (Phi) is 4.27. The summed E-state index contributed by atoms with van der Waals surface area (Å²) >= 11 is 0. The number of nitrogens with zero attached hydrogens (tertiary/aromatic N) is 2. The number of carboxylic acids is 1. The molecule has 0 saturated carbocycles. The van der Waals surface area contributed by atoms with Crippen LogP contribution < -0.4 is 10.2 Å². The molecule has 2 N–H and O–H groups in total. The van der Waals surface area contributed by atoms with E-state index >= 15 is 0 Å². The van der Waals surface area contributed by atoms with E-state index in [0.29, 0.717) is 31.1 Å². The Balaban J connectivity index is 1.70. The average Bonchev–Trinajstić information content (AvgIpc) is 3.24. The molecule has 23 heavy (non-hydrogen) atoms. The summed E-state index contributed by atoms with van der Waals surface area (Å²) in [6, 6.07) is 8.02. The van der Waals surface area contributed by atoms with E-state index < -0.39 is 5.97 Å². The molecule has 120 valence electrons. The van der Waals surface area contributed by atoms with Crippen molar-refractivity contribution in [2.45, 2.75) is 25.4 Å². The van der Waals surface area contributed by atoms with Crippen LogP contribution in [0.1, 0.15) is 29.1 Å². The Hall–Kier alpha value is -2.83. The molecule has 7 nitrogen and oxygen atoms in total. The molecule has 0 bridgehead atoms. The van der Waals surface area contributed by atoms with Gasteiger partial charge in [-0.2, -0.15) is 0 Å². The van der Waals surface area contributed by atoms with E-state index in [1.54, 1.807) is 30.5 Å². The van der Waals surface area contributed by atoms with Gasteiger partial charge in [0, 0.05) is 6.54 Å². The molecule has 1 saturated heterocycles. The van der Waals surface area contributed by atoms with Gasteiger partial charge in [-0.15, -0.1) is 0 Å². The van der Waals surface area contributed by atoms with E-state index in [2.05, 4.69) is 10.3 Å². The Morgan fingerprint density at radius 2 is 2.22 bits per heavy atom. The lowest BCUT2D eigenvalue weighted by Crippen LogP contribution is -2.43. The molecule has 0 radical (unpaired) electrons. The zero-order valence-electron chi connectivity index (χ0n) is 12.4. The SMILES string of the molecule is O=C(O)c1cccc(N2CCCC2C(=O)NCc2ccco2)n1.